The van der Waals surface area contributed by atoms with Crippen molar-refractivity contribution in [3.63, 3.8) is 0 Å². The van der Waals surface area contributed by atoms with Crippen LogP contribution < -0.4 is 5.32 Å². The Morgan fingerprint density at radius 3 is 2.48 bits per heavy atom. The normalized spacial score (nSPS) is 12.5. The molecule has 5 heteroatoms. The third kappa shape index (κ3) is 3.19. The van der Waals surface area contributed by atoms with Crippen LogP contribution in [0.5, 0.6) is 0 Å². The van der Waals surface area contributed by atoms with Crippen molar-refractivity contribution in [2.45, 2.75) is 33.4 Å². The van der Waals surface area contributed by atoms with Crippen molar-refractivity contribution < 1.29 is 0 Å². The summed E-state index contributed by atoms with van der Waals surface area (Å²) in [6.45, 7) is 7.19. The summed E-state index contributed by atoms with van der Waals surface area (Å²) < 4.78 is 3.95. The van der Waals surface area contributed by atoms with E-state index < -0.39 is 0 Å². The van der Waals surface area contributed by atoms with E-state index in [0.717, 1.165) is 17.9 Å². The van der Waals surface area contributed by atoms with Crippen molar-refractivity contribution >= 4 is 0 Å². The van der Waals surface area contributed by atoms with Gasteiger partial charge in [-0.05, 0) is 38.5 Å². The Morgan fingerprint density at radius 1 is 1.17 bits per heavy atom. The van der Waals surface area contributed by atoms with E-state index in [-0.39, 0.29) is 6.04 Å². The Labute approximate surface area is 137 Å². The molecule has 5 nitrogen and oxygen atoms in total. The number of hydrogen-bond donors (Lipinski definition) is 1. The Morgan fingerprint density at radius 2 is 1.91 bits per heavy atom. The zero-order chi connectivity index (χ0) is 16.4. The van der Waals surface area contributed by atoms with Crippen LogP contribution >= 0.6 is 0 Å². The molecule has 0 saturated heterocycles. The number of aryl methyl sites for hydroxylation is 2. The molecule has 0 saturated carbocycles. The summed E-state index contributed by atoms with van der Waals surface area (Å²) in [6, 6.07) is 8.85. The molecule has 3 rings (SSSR count). The molecular weight excluding hydrogens is 286 g/mol. The minimum absolute atomic E-state index is 0.283. The molecule has 1 N–H and O–H groups in total. The molecule has 0 spiro atoms. The molecule has 0 radical (unpaired) electrons. The zero-order valence-electron chi connectivity index (χ0n) is 14.1. The van der Waals surface area contributed by atoms with Gasteiger partial charge in [-0.1, -0.05) is 12.1 Å². The molecule has 0 aliphatic heterocycles. The summed E-state index contributed by atoms with van der Waals surface area (Å²) in [5.74, 6) is 0. The van der Waals surface area contributed by atoms with Crippen LogP contribution in [0.1, 0.15) is 35.5 Å². The predicted molar refractivity (Wildman–Crippen MR) is 91.5 cm³/mol. The Bertz CT molecular complexity index is 769. The molecule has 2 aromatic heterocycles. The lowest BCUT2D eigenvalue weighted by Gasteiger charge is -2.15. The number of nitrogens with zero attached hydrogens (tertiary/aromatic N) is 4. The smallest absolute Gasteiger partial charge is 0.0991 e. The molecule has 0 fully saturated rings. The number of aromatic nitrogens is 4. The Balaban J connectivity index is 1.67. The molecule has 1 aromatic carbocycles. The van der Waals surface area contributed by atoms with E-state index in [1.54, 1.807) is 6.20 Å². The van der Waals surface area contributed by atoms with Crippen LogP contribution in [0.25, 0.3) is 5.69 Å². The van der Waals surface area contributed by atoms with Crippen LogP contribution in [0, 0.1) is 13.8 Å². The van der Waals surface area contributed by atoms with E-state index in [1.807, 2.05) is 28.8 Å². The fraction of sp³-hybridized carbons (Fsp3) is 0.333. The van der Waals surface area contributed by atoms with Crippen LogP contribution in [0.15, 0.2) is 43.0 Å². The standard InChI is InChI=1S/C18H23N5/c1-13(20-11-18-14(2)21-22(4)15(18)3)16-5-7-17(8-6-16)23-10-9-19-12-23/h5-10,12-13,20H,11H2,1-4H3. The summed E-state index contributed by atoms with van der Waals surface area (Å²) in [7, 11) is 1.99. The summed E-state index contributed by atoms with van der Waals surface area (Å²) >= 11 is 0. The van der Waals surface area contributed by atoms with Crippen molar-refractivity contribution in [2.75, 3.05) is 0 Å². The van der Waals surface area contributed by atoms with Gasteiger partial charge in [0.15, 0.2) is 0 Å². The highest BCUT2D eigenvalue weighted by Crippen LogP contribution is 2.18. The summed E-state index contributed by atoms with van der Waals surface area (Å²) in [6.07, 6.45) is 5.55. The first-order valence-electron chi connectivity index (χ1n) is 7.87. The maximum Gasteiger partial charge on any atom is 0.0991 e. The molecule has 0 aliphatic rings. The fourth-order valence-electron chi connectivity index (χ4n) is 2.79. The van der Waals surface area contributed by atoms with E-state index in [1.165, 1.54) is 16.8 Å². The van der Waals surface area contributed by atoms with Gasteiger partial charge < -0.3 is 9.88 Å². The number of rotatable bonds is 5. The van der Waals surface area contributed by atoms with Gasteiger partial charge in [0.1, 0.15) is 0 Å². The summed E-state index contributed by atoms with van der Waals surface area (Å²) in [4.78, 5) is 4.08. The third-order valence-electron chi connectivity index (χ3n) is 4.44. The number of hydrogen-bond acceptors (Lipinski definition) is 3. The van der Waals surface area contributed by atoms with E-state index in [9.17, 15) is 0 Å². The van der Waals surface area contributed by atoms with Gasteiger partial charge >= 0.3 is 0 Å². The molecule has 0 amide bonds. The zero-order valence-corrected chi connectivity index (χ0v) is 14.1. The molecule has 2 heterocycles. The van der Waals surface area contributed by atoms with E-state index >= 15 is 0 Å². The highest BCUT2D eigenvalue weighted by Gasteiger charge is 2.11. The molecule has 120 valence electrons. The average molecular weight is 309 g/mol. The Kier molecular flexibility index (Phi) is 4.30. The summed E-state index contributed by atoms with van der Waals surface area (Å²) in [5, 5.41) is 8.06. The molecule has 23 heavy (non-hydrogen) atoms. The first kappa shape index (κ1) is 15.5. The second-order valence-electron chi connectivity index (χ2n) is 5.94. The lowest BCUT2D eigenvalue weighted by atomic mass is 10.1. The highest BCUT2D eigenvalue weighted by atomic mass is 15.3. The molecule has 0 aliphatic carbocycles. The lowest BCUT2D eigenvalue weighted by Crippen LogP contribution is -2.19. The van der Waals surface area contributed by atoms with Crippen LogP contribution in [0.3, 0.4) is 0 Å². The van der Waals surface area contributed by atoms with Crippen molar-refractivity contribution in [3.8, 4) is 5.69 Å². The number of imidazole rings is 1. The maximum atomic E-state index is 4.47. The first-order chi connectivity index (χ1) is 11.1. The monoisotopic (exact) mass is 309 g/mol. The largest absolute Gasteiger partial charge is 0.306 e. The van der Waals surface area contributed by atoms with Crippen molar-refractivity contribution in [3.05, 3.63) is 65.5 Å². The van der Waals surface area contributed by atoms with Gasteiger partial charge in [-0.15, -0.1) is 0 Å². The maximum absolute atomic E-state index is 4.47. The second-order valence-corrected chi connectivity index (χ2v) is 5.94. The van der Waals surface area contributed by atoms with Gasteiger partial charge in [-0.25, -0.2) is 4.98 Å². The topological polar surface area (TPSA) is 47.7 Å². The van der Waals surface area contributed by atoms with E-state index in [0.29, 0.717) is 0 Å². The van der Waals surface area contributed by atoms with Crippen LogP contribution in [0.2, 0.25) is 0 Å². The summed E-state index contributed by atoms with van der Waals surface area (Å²) in [5.41, 5.74) is 6.00. The SMILES string of the molecule is Cc1nn(C)c(C)c1CNC(C)c1ccc(-n2ccnc2)cc1. The quantitative estimate of drug-likeness (QED) is 0.788. The molecule has 3 aromatic rings. The van der Waals surface area contributed by atoms with Crippen molar-refractivity contribution in [2.24, 2.45) is 7.05 Å². The molecular formula is C18H23N5. The molecule has 1 atom stereocenters. The Hall–Kier alpha value is -2.40. The lowest BCUT2D eigenvalue weighted by molar-refractivity contribution is 0.571. The van der Waals surface area contributed by atoms with Gasteiger partial charge in [-0.3, -0.25) is 4.68 Å². The fourth-order valence-corrected chi connectivity index (χ4v) is 2.79. The van der Waals surface area contributed by atoms with E-state index in [2.05, 4.69) is 60.4 Å². The second kappa shape index (κ2) is 6.38. The van der Waals surface area contributed by atoms with Gasteiger partial charge in [0.25, 0.3) is 0 Å². The minimum atomic E-state index is 0.283. The van der Waals surface area contributed by atoms with Crippen molar-refractivity contribution in [1.29, 1.82) is 0 Å². The molecule has 0 bridgehead atoms. The highest BCUT2D eigenvalue weighted by molar-refractivity contribution is 5.35. The van der Waals surface area contributed by atoms with Crippen LogP contribution in [-0.4, -0.2) is 19.3 Å². The van der Waals surface area contributed by atoms with E-state index in [4.69, 9.17) is 0 Å². The van der Waals surface area contributed by atoms with Gasteiger partial charge in [0, 0.05) is 49.0 Å². The predicted octanol–water partition coefficient (Wildman–Crippen LogP) is 3.07. The van der Waals surface area contributed by atoms with Crippen molar-refractivity contribution in [1.82, 2.24) is 24.6 Å². The first-order valence-corrected chi connectivity index (χ1v) is 7.87. The third-order valence-corrected chi connectivity index (χ3v) is 4.44. The number of benzene rings is 1. The molecule has 1 unspecified atom stereocenters. The number of nitrogens with one attached hydrogen (secondary N) is 1. The van der Waals surface area contributed by atoms with Crippen LogP contribution in [-0.2, 0) is 13.6 Å². The van der Waals surface area contributed by atoms with Gasteiger partial charge in [-0.2, -0.15) is 5.10 Å². The van der Waals surface area contributed by atoms with Gasteiger partial charge in [0.2, 0.25) is 0 Å². The van der Waals surface area contributed by atoms with Gasteiger partial charge in [0.05, 0.1) is 12.0 Å². The van der Waals surface area contributed by atoms with Crippen LogP contribution in [0.4, 0.5) is 0 Å². The minimum Gasteiger partial charge on any atom is -0.306 e. The average Bonchev–Trinajstić information content (AvgIpc) is 3.16.